The average molecular weight is 333 g/mol. The predicted octanol–water partition coefficient (Wildman–Crippen LogP) is 4.96. The zero-order valence-electron chi connectivity index (χ0n) is 8.60. The van der Waals surface area contributed by atoms with E-state index in [4.69, 9.17) is 0 Å². The van der Waals surface area contributed by atoms with Crippen LogP contribution in [0.1, 0.15) is 32.1 Å². The van der Waals surface area contributed by atoms with Crippen LogP contribution in [0.5, 0.6) is 0 Å². The number of halogens is 2. The van der Waals surface area contributed by atoms with E-state index in [0.29, 0.717) is 6.04 Å². The van der Waals surface area contributed by atoms with Crippen molar-refractivity contribution in [2.45, 2.75) is 38.1 Å². The molecule has 1 saturated carbocycles. The molecule has 0 unspecified atom stereocenters. The highest BCUT2D eigenvalue weighted by atomic mass is 79.9. The standard InChI is InChI=1S/C12H15Br2N/c13-10-7-4-8-11(14)12(10)15-9-5-2-1-3-6-9/h4,7-9,15H,1-3,5-6H2. The summed E-state index contributed by atoms with van der Waals surface area (Å²) < 4.78 is 2.28. The van der Waals surface area contributed by atoms with Crippen molar-refractivity contribution in [3.05, 3.63) is 27.1 Å². The number of para-hydroxylation sites is 1. The van der Waals surface area contributed by atoms with E-state index in [2.05, 4.69) is 49.3 Å². The Hall–Kier alpha value is -0.0200. The second kappa shape index (κ2) is 5.35. The first kappa shape index (κ1) is 11.5. The Morgan fingerprint density at radius 1 is 1.00 bits per heavy atom. The number of benzene rings is 1. The third kappa shape index (κ3) is 2.97. The van der Waals surface area contributed by atoms with Crippen molar-refractivity contribution in [2.75, 3.05) is 5.32 Å². The molecule has 0 saturated heterocycles. The molecule has 0 atom stereocenters. The van der Waals surface area contributed by atoms with Gasteiger partial charge in [-0.05, 0) is 56.8 Å². The molecule has 1 aromatic carbocycles. The molecule has 2 rings (SSSR count). The molecule has 1 aliphatic carbocycles. The van der Waals surface area contributed by atoms with Crippen molar-refractivity contribution < 1.29 is 0 Å². The molecule has 0 aliphatic heterocycles. The fourth-order valence-corrected chi connectivity index (χ4v) is 3.31. The molecule has 0 spiro atoms. The van der Waals surface area contributed by atoms with Crippen molar-refractivity contribution in [3.8, 4) is 0 Å². The fraction of sp³-hybridized carbons (Fsp3) is 0.500. The Labute approximate surface area is 108 Å². The Bertz CT molecular complexity index is 312. The Morgan fingerprint density at radius 2 is 1.60 bits per heavy atom. The largest absolute Gasteiger partial charge is 0.380 e. The Morgan fingerprint density at radius 3 is 2.20 bits per heavy atom. The van der Waals surface area contributed by atoms with Gasteiger partial charge in [0.2, 0.25) is 0 Å². The zero-order chi connectivity index (χ0) is 10.7. The quantitative estimate of drug-likeness (QED) is 0.807. The third-order valence-electron chi connectivity index (χ3n) is 2.92. The number of rotatable bonds is 2. The lowest BCUT2D eigenvalue weighted by Crippen LogP contribution is -2.22. The van der Waals surface area contributed by atoms with Crippen LogP contribution >= 0.6 is 31.9 Å². The minimum atomic E-state index is 0.647. The molecular weight excluding hydrogens is 318 g/mol. The summed E-state index contributed by atoms with van der Waals surface area (Å²) in [4.78, 5) is 0. The smallest absolute Gasteiger partial charge is 0.0631 e. The molecule has 0 heterocycles. The molecular formula is C12H15Br2N. The lowest BCUT2D eigenvalue weighted by atomic mass is 9.95. The maximum absolute atomic E-state index is 3.62. The van der Waals surface area contributed by atoms with Crippen molar-refractivity contribution in [1.29, 1.82) is 0 Å². The molecule has 0 aromatic heterocycles. The summed E-state index contributed by atoms with van der Waals surface area (Å²) in [5.74, 6) is 0. The summed E-state index contributed by atoms with van der Waals surface area (Å²) in [7, 11) is 0. The first-order valence-corrected chi connectivity index (χ1v) is 7.06. The summed E-state index contributed by atoms with van der Waals surface area (Å²) in [6.07, 6.45) is 6.72. The number of anilines is 1. The van der Waals surface area contributed by atoms with E-state index in [1.54, 1.807) is 0 Å². The van der Waals surface area contributed by atoms with Crippen LogP contribution in [0.2, 0.25) is 0 Å². The molecule has 3 heteroatoms. The first-order valence-electron chi connectivity index (χ1n) is 5.48. The SMILES string of the molecule is Brc1cccc(Br)c1NC1CCCCC1. The third-order valence-corrected chi connectivity index (χ3v) is 4.24. The van der Waals surface area contributed by atoms with Gasteiger partial charge in [-0.3, -0.25) is 0 Å². The van der Waals surface area contributed by atoms with Gasteiger partial charge in [0.25, 0.3) is 0 Å². The predicted molar refractivity (Wildman–Crippen MR) is 72.3 cm³/mol. The minimum Gasteiger partial charge on any atom is -0.380 e. The van der Waals surface area contributed by atoms with Crippen LogP contribution < -0.4 is 5.32 Å². The van der Waals surface area contributed by atoms with Crippen molar-refractivity contribution in [2.24, 2.45) is 0 Å². The van der Waals surface area contributed by atoms with Gasteiger partial charge in [-0.1, -0.05) is 25.3 Å². The molecule has 1 aromatic rings. The molecule has 82 valence electrons. The van der Waals surface area contributed by atoms with E-state index in [1.807, 2.05) is 6.07 Å². The summed E-state index contributed by atoms with van der Waals surface area (Å²) in [6.45, 7) is 0. The Kier molecular flexibility index (Phi) is 4.09. The van der Waals surface area contributed by atoms with E-state index in [1.165, 1.54) is 37.8 Å². The summed E-state index contributed by atoms with van der Waals surface area (Å²) in [5, 5.41) is 3.62. The molecule has 15 heavy (non-hydrogen) atoms. The van der Waals surface area contributed by atoms with Crippen molar-refractivity contribution in [1.82, 2.24) is 0 Å². The molecule has 1 nitrogen and oxygen atoms in total. The maximum atomic E-state index is 3.62. The van der Waals surface area contributed by atoms with Gasteiger partial charge in [0, 0.05) is 15.0 Å². The lowest BCUT2D eigenvalue weighted by Gasteiger charge is -2.25. The molecule has 1 N–H and O–H groups in total. The molecule has 1 fully saturated rings. The average Bonchev–Trinajstić information content (AvgIpc) is 2.25. The zero-order valence-corrected chi connectivity index (χ0v) is 11.8. The van der Waals surface area contributed by atoms with Crippen LogP contribution in [0.25, 0.3) is 0 Å². The second-order valence-electron chi connectivity index (χ2n) is 4.08. The van der Waals surface area contributed by atoms with Gasteiger partial charge in [-0.15, -0.1) is 0 Å². The maximum Gasteiger partial charge on any atom is 0.0631 e. The van der Waals surface area contributed by atoms with Gasteiger partial charge in [-0.25, -0.2) is 0 Å². The first-order chi connectivity index (χ1) is 7.27. The van der Waals surface area contributed by atoms with Gasteiger partial charge in [-0.2, -0.15) is 0 Å². The van der Waals surface area contributed by atoms with Gasteiger partial charge in [0.15, 0.2) is 0 Å². The van der Waals surface area contributed by atoms with Crippen LogP contribution in [0.3, 0.4) is 0 Å². The van der Waals surface area contributed by atoms with E-state index < -0.39 is 0 Å². The molecule has 0 radical (unpaired) electrons. The number of hydrogen-bond donors (Lipinski definition) is 1. The summed E-state index contributed by atoms with van der Waals surface area (Å²) in [5.41, 5.74) is 1.20. The monoisotopic (exact) mass is 331 g/mol. The topological polar surface area (TPSA) is 12.0 Å². The summed E-state index contributed by atoms with van der Waals surface area (Å²) >= 11 is 7.16. The van der Waals surface area contributed by atoms with E-state index in [9.17, 15) is 0 Å². The van der Waals surface area contributed by atoms with Gasteiger partial charge in [0.1, 0.15) is 0 Å². The van der Waals surface area contributed by atoms with Crippen LogP contribution in [0, 0.1) is 0 Å². The fourth-order valence-electron chi connectivity index (χ4n) is 2.09. The highest BCUT2D eigenvalue weighted by molar-refractivity contribution is 9.11. The normalized spacial score (nSPS) is 17.7. The van der Waals surface area contributed by atoms with Crippen LogP contribution in [0.15, 0.2) is 27.1 Å². The molecule has 0 bridgehead atoms. The van der Waals surface area contributed by atoms with Crippen molar-refractivity contribution in [3.63, 3.8) is 0 Å². The van der Waals surface area contributed by atoms with Crippen LogP contribution in [0.4, 0.5) is 5.69 Å². The lowest BCUT2D eigenvalue weighted by molar-refractivity contribution is 0.462. The van der Waals surface area contributed by atoms with Gasteiger partial charge < -0.3 is 5.32 Å². The number of nitrogens with one attached hydrogen (secondary N) is 1. The number of hydrogen-bond acceptors (Lipinski definition) is 1. The molecule has 0 amide bonds. The van der Waals surface area contributed by atoms with Crippen LogP contribution in [-0.4, -0.2) is 6.04 Å². The molecule has 1 aliphatic rings. The highest BCUT2D eigenvalue weighted by Crippen LogP contribution is 2.33. The van der Waals surface area contributed by atoms with E-state index in [0.717, 1.165) is 8.95 Å². The van der Waals surface area contributed by atoms with Gasteiger partial charge >= 0.3 is 0 Å². The van der Waals surface area contributed by atoms with Gasteiger partial charge in [0.05, 0.1) is 5.69 Å². The second-order valence-corrected chi connectivity index (χ2v) is 5.78. The van der Waals surface area contributed by atoms with Crippen LogP contribution in [-0.2, 0) is 0 Å². The van der Waals surface area contributed by atoms with E-state index in [-0.39, 0.29) is 0 Å². The highest BCUT2D eigenvalue weighted by Gasteiger charge is 2.15. The van der Waals surface area contributed by atoms with Crippen molar-refractivity contribution >= 4 is 37.5 Å². The summed E-state index contributed by atoms with van der Waals surface area (Å²) in [6, 6.07) is 6.85. The minimum absolute atomic E-state index is 0.647. The van der Waals surface area contributed by atoms with E-state index >= 15 is 0 Å². The Balaban J connectivity index is 2.09.